The molecule has 6 rings (SSSR count). The summed E-state index contributed by atoms with van der Waals surface area (Å²) in [5, 5.41) is 2.38. The van der Waals surface area contributed by atoms with Crippen LogP contribution in [0.5, 0.6) is 0 Å². The van der Waals surface area contributed by atoms with Crippen LogP contribution in [0, 0.1) is 0 Å². The fraction of sp³-hybridized carbons (Fsp3) is 0.423. The number of nitrogens with zero attached hydrogens (tertiary/aromatic N) is 2. The van der Waals surface area contributed by atoms with Gasteiger partial charge in [0.2, 0.25) is 11.8 Å². The number of nitrogens with one attached hydrogen (secondary N) is 1. The molecule has 1 N–H and O–H groups in total. The maximum atomic E-state index is 13.0. The first-order chi connectivity index (χ1) is 15.5. The zero-order valence-electron chi connectivity index (χ0n) is 18.0. The van der Waals surface area contributed by atoms with Gasteiger partial charge in [-0.2, -0.15) is 0 Å². The quantitative estimate of drug-likeness (QED) is 0.759. The lowest BCUT2D eigenvalue weighted by molar-refractivity contribution is -0.136. The minimum atomic E-state index is -0.557. The maximum Gasteiger partial charge on any atom is 0.255 e. The van der Waals surface area contributed by atoms with E-state index >= 15 is 0 Å². The second-order valence-corrected chi connectivity index (χ2v) is 9.69. The minimum absolute atomic E-state index is 0.0964. The summed E-state index contributed by atoms with van der Waals surface area (Å²) in [6.07, 6.45) is 4.23. The molecule has 3 amide bonds. The zero-order valence-corrected chi connectivity index (χ0v) is 18.0. The third-order valence-corrected chi connectivity index (χ3v) is 8.11. The van der Waals surface area contributed by atoms with E-state index in [2.05, 4.69) is 52.7 Å². The highest BCUT2D eigenvalue weighted by Gasteiger charge is 2.54. The number of likely N-dealkylation sites (tertiary alicyclic amines) is 1. The average molecular weight is 430 g/mol. The normalized spacial score (nSPS) is 29.5. The number of piperidine rings is 1. The molecule has 2 saturated heterocycles. The van der Waals surface area contributed by atoms with Crippen molar-refractivity contribution < 1.29 is 14.4 Å². The van der Waals surface area contributed by atoms with Crippen molar-refractivity contribution in [3.05, 3.63) is 70.8 Å². The monoisotopic (exact) mass is 429 g/mol. The molecule has 3 aliphatic heterocycles. The van der Waals surface area contributed by atoms with E-state index in [0.29, 0.717) is 24.6 Å². The molecule has 164 valence electrons. The number of carbonyl (C=O) groups excluding carboxylic acids is 3. The van der Waals surface area contributed by atoms with E-state index in [1.54, 1.807) is 4.90 Å². The minimum Gasteiger partial charge on any atom is -0.322 e. The summed E-state index contributed by atoms with van der Waals surface area (Å²) in [5.74, 6) is -0.706. The van der Waals surface area contributed by atoms with Crippen LogP contribution in [-0.2, 0) is 28.1 Å². The first-order valence-electron chi connectivity index (χ1n) is 11.6. The van der Waals surface area contributed by atoms with Crippen molar-refractivity contribution in [3.63, 3.8) is 0 Å². The molecule has 4 aliphatic rings. The molecule has 1 aliphatic carbocycles. The van der Waals surface area contributed by atoms with E-state index in [0.717, 1.165) is 25.1 Å². The van der Waals surface area contributed by atoms with Gasteiger partial charge in [0.05, 0.1) is 0 Å². The van der Waals surface area contributed by atoms with Crippen LogP contribution in [0.3, 0.4) is 0 Å². The van der Waals surface area contributed by atoms with Crippen molar-refractivity contribution >= 4 is 17.7 Å². The summed E-state index contributed by atoms with van der Waals surface area (Å²) < 4.78 is 0. The summed E-state index contributed by atoms with van der Waals surface area (Å²) in [4.78, 5) is 41.1. The lowest BCUT2D eigenvalue weighted by atomic mass is 9.60. The van der Waals surface area contributed by atoms with Gasteiger partial charge < -0.3 is 4.90 Å². The summed E-state index contributed by atoms with van der Waals surface area (Å²) in [6, 6.07) is 17.0. The van der Waals surface area contributed by atoms with Crippen LogP contribution in [0.1, 0.15) is 59.2 Å². The van der Waals surface area contributed by atoms with E-state index in [1.807, 2.05) is 6.07 Å². The van der Waals surface area contributed by atoms with Gasteiger partial charge in [0.15, 0.2) is 0 Å². The van der Waals surface area contributed by atoms with E-state index in [9.17, 15) is 14.4 Å². The Morgan fingerprint density at radius 3 is 2.59 bits per heavy atom. The van der Waals surface area contributed by atoms with Gasteiger partial charge in [-0.1, -0.05) is 42.5 Å². The summed E-state index contributed by atoms with van der Waals surface area (Å²) >= 11 is 0. The third-order valence-electron chi connectivity index (χ3n) is 8.11. The molecule has 3 atom stereocenters. The van der Waals surface area contributed by atoms with Gasteiger partial charge in [-0.3, -0.25) is 24.6 Å². The predicted octanol–water partition coefficient (Wildman–Crippen LogP) is 2.75. The average Bonchev–Trinajstić information content (AvgIpc) is 3.22. The fourth-order valence-corrected chi connectivity index (χ4v) is 6.32. The molecular weight excluding hydrogens is 402 g/mol. The molecule has 6 nitrogen and oxygen atoms in total. The van der Waals surface area contributed by atoms with Crippen molar-refractivity contribution in [3.8, 4) is 0 Å². The number of hydrogen-bond acceptors (Lipinski definition) is 4. The van der Waals surface area contributed by atoms with Crippen molar-refractivity contribution in [2.75, 3.05) is 6.54 Å². The first-order valence-corrected chi connectivity index (χ1v) is 11.6. The summed E-state index contributed by atoms with van der Waals surface area (Å²) in [7, 11) is 0. The van der Waals surface area contributed by atoms with Gasteiger partial charge in [-0.05, 0) is 55.0 Å². The second kappa shape index (κ2) is 7.27. The Hall–Kier alpha value is -2.99. The van der Waals surface area contributed by atoms with Gasteiger partial charge in [0.25, 0.3) is 5.91 Å². The number of benzene rings is 2. The van der Waals surface area contributed by atoms with Gasteiger partial charge in [0.1, 0.15) is 6.04 Å². The number of hydrogen-bond donors (Lipinski definition) is 1. The predicted molar refractivity (Wildman–Crippen MR) is 119 cm³/mol. The molecule has 0 radical (unpaired) electrons. The summed E-state index contributed by atoms with van der Waals surface area (Å²) in [5.41, 5.74) is 4.58. The number of amides is 3. The van der Waals surface area contributed by atoms with Crippen LogP contribution in [0.25, 0.3) is 0 Å². The molecule has 6 heteroatoms. The molecule has 3 heterocycles. The Morgan fingerprint density at radius 1 is 1.00 bits per heavy atom. The molecule has 32 heavy (non-hydrogen) atoms. The van der Waals surface area contributed by atoms with Gasteiger partial charge in [0, 0.05) is 36.5 Å². The topological polar surface area (TPSA) is 69.7 Å². The van der Waals surface area contributed by atoms with Crippen LogP contribution >= 0.6 is 0 Å². The van der Waals surface area contributed by atoms with Crippen LogP contribution in [0.2, 0.25) is 0 Å². The number of imide groups is 1. The highest BCUT2D eigenvalue weighted by atomic mass is 16.2. The molecule has 1 saturated carbocycles. The Labute approximate surface area is 187 Å². The highest BCUT2D eigenvalue weighted by Crippen LogP contribution is 2.54. The highest BCUT2D eigenvalue weighted by molar-refractivity contribution is 6.05. The molecule has 3 fully saturated rings. The van der Waals surface area contributed by atoms with Gasteiger partial charge in [-0.15, -0.1) is 0 Å². The molecule has 0 spiro atoms. The zero-order chi connectivity index (χ0) is 21.9. The Balaban J connectivity index is 1.23. The standard InChI is InChI=1S/C26H27N3O3/c30-23-9-8-21(24(31)27-23)29-16-18-14-19(6-7-20(18)25(29)32)26-11-10-22(26)28(13-12-26)15-17-4-2-1-3-5-17/h1-7,14,21-22H,8-13,15-16H2,(H,27,30,31). The Morgan fingerprint density at radius 2 is 1.84 bits per heavy atom. The van der Waals surface area contributed by atoms with E-state index in [4.69, 9.17) is 0 Å². The van der Waals surface area contributed by atoms with Gasteiger partial charge >= 0.3 is 0 Å². The molecule has 3 unspecified atom stereocenters. The van der Waals surface area contributed by atoms with Crippen molar-refractivity contribution in [2.45, 2.75) is 62.7 Å². The molecular formula is C26H27N3O3. The van der Waals surface area contributed by atoms with E-state index < -0.39 is 6.04 Å². The van der Waals surface area contributed by atoms with Crippen molar-refractivity contribution in [2.24, 2.45) is 0 Å². The van der Waals surface area contributed by atoms with Crippen LogP contribution in [0.15, 0.2) is 48.5 Å². The van der Waals surface area contributed by atoms with Gasteiger partial charge in [-0.25, -0.2) is 0 Å². The number of carbonyl (C=O) groups is 3. The molecule has 0 aromatic heterocycles. The molecule has 2 aromatic rings. The second-order valence-electron chi connectivity index (χ2n) is 9.69. The smallest absolute Gasteiger partial charge is 0.255 e. The van der Waals surface area contributed by atoms with Crippen molar-refractivity contribution in [1.29, 1.82) is 0 Å². The third kappa shape index (κ3) is 2.93. The Bertz CT molecular complexity index is 1110. The number of rotatable bonds is 4. The van der Waals surface area contributed by atoms with E-state index in [1.165, 1.54) is 24.0 Å². The Kier molecular flexibility index (Phi) is 4.47. The van der Waals surface area contributed by atoms with Crippen molar-refractivity contribution in [1.82, 2.24) is 15.1 Å². The maximum absolute atomic E-state index is 13.0. The van der Waals surface area contributed by atoms with Crippen LogP contribution in [0.4, 0.5) is 0 Å². The fourth-order valence-electron chi connectivity index (χ4n) is 6.32. The van der Waals surface area contributed by atoms with Crippen LogP contribution < -0.4 is 5.32 Å². The lowest BCUT2D eigenvalue weighted by Crippen LogP contribution is -2.52. The van der Waals surface area contributed by atoms with E-state index in [-0.39, 0.29) is 29.6 Å². The SMILES string of the molecule is O=C1CCC(N2Cc3cc(C45CCC4N(Cc4ccccc4)CC5)ccc3C2=O)C(=O)N1. The molecule has 2 aromatic carbocycles. The largest absolute Gasteiger partial charge is 0.322 e. The van der Waals surface area contributed by atoms with Crippen LogP contribution in [-0.4, -0.2) is 46.1 Å². The molecule has 0 bridgehead atoms. The number of fused-ring (bicyclic) bond motifs is 2. The first kappa shape index (κ1) is 19.7. The lowest BCUT2D eigenvalue weighted by Gasteiger charge is -2.48. The summed E-state index contributed by atoms with van der Waals surface area (Å²) in [6.45, 7) is 2.53.